The lowest BCUT2D eigenvalue weighted by Crippen LogP contribution is -2.61. The second-order valence-electron chi connectivity index (χ2n) is 13.3. The van der Waals surface area contributed by atoms with Crippen molar-refractivity contribution in [1.29, 1.82) is 0 Å². The number of hydrogen-bond donors (Lipinski definition) is 7. The topological polar surface area (TPSA) is 231 Å². The standard InChI is InChI=1S/C40H64O15/c1-3-5-6-7-8-9-10-11-12-13-14-15-16-17-18-19-20-21-22-23-32(43)53-28(25-50-31(42)4-2)26-51-39-38(49)36(47)34(45)30(55-39)27-52-40-37(48)35(46)33(44)29(24-41)54-40/h5-6,8-9,11-12,14-15,17-18,28-30,33-41,44-49H,3-4,7,10,13,16,19-27H2,1-2H3/b6-5-,9-8-,12-11-,15-14-,18-17-. The average molecular weight is 785 g/mol. The zero-order valence-corrected chi connectivity index (χ0v) is 32.1. The number of hydrogen-bond acceptors (Lipinski definition) is 15. The van der Waals surface area contributed by atoms with E-state index in [1.165, 1.54) is 0 Å². The first-order chi connectivity index (χ1) is 26.5. The van der Waals surface area contributed by atoms with Crippen molar-refractivity contribution in [3.8, 4) is 0 Å². The van der Waals surface area contributed by atoms with Crippen LogP contribution in [0.3, 0.4) is 0 Å². The van der Waals surface area contributed by atoms with Crippen molar-refractivity contribution < 1.29 is 73.8 Å². The molecule has 0 aliphatic carbocycles. The highest BCUT2D eigenvalue weighted by atomic mass is 16.7. The lowest BCUT2D eigenvalue weighted by atomic mass is 9.98. The predicted molar refractivity (Wildman–Crippen MR) is 201 cm³/mol. The van der Waals surface area contributed by atoms with Gasteiger partial charge in [-0.2, -0.15) is 0 Å². The molecule has 11 unspecified atom stereocenters. The lowest BCUT2D eigenvalue weighted by Gasteiger charge is -2.42. The zero-order chi connectivity index (χ0) is 40.4. The number of allylic oxidation sites excluding steroid dienone is 10. The predicted octanol–water partition coefficient (Wildman–Crippen LogP) is 2.19. The molecule has 0 aromatic heterocycles. The fourth-order valence-corrected chi connectivity index (χ4v) is 5.51. The Balaban J connectivity index is 1.74. The number of ether oxygens (including phenoxy) is 6. The summed E-state index contributed by atoms with van der Waals surface area (Å²) in [6.07, 6.45) is 12.6. The Morgan fingerprint density at radius 2 is 1.13 bits per heavy atom. The molecule has 2 rings (SSSR count). The molecular formula is C40H64O15. The molecule has 2 aliphatic rings. The number of rotatable bonds is 26. The molecule has 15 nitrogen and oxygen atoms in total. The molecule has 314 valence electrons. The Hall–Kier alpha value is -2.80. The Bertz CT molecular complexity index is 1200. The van der Waals surface area contributed by atoms with Crippen LogP contribution >= 0.6 is 0 Å². The Kier molecular flexibility index (Phi) is 25.1. The average Bonchev–Trinajstić information content (AvgIpc) is 3.18. The number of unbranched alkanes of at least 4 members (excludes halogenated alkanes) is 3. The van der Waals surface area contributed by atoms with Gasteiger partial charge in [0.2, 0.25) is 0 Å². The smallest absolute Gasteiger partial charge is 0.306 e. The van der Waals surface area contributed by atoms with Gasteiger partial charge in [-0.3, -0.25) is 9.59 Å². The minimum atomic E-state index is -1.77. The van der Waals surface area contributed by atoms with Crippen molar-refractivity contribution in [3.05, 3.63) is 60.8 Å². The van der Waals surface area contributed by atoms with Crippen LogP contribution in [0.4, 0.5) is 0 Å². The number of carbonyl (C=O) groups is 2. The molecule has 0 saturated carbocycles. The fraction of sp³-hybridized carbons (Fsp3) is 0.700. The molecule has 2 heterocycles. The highest BCUT2D eigenvalue weighted by molar-refractivity contribution is 5.70. The summed E-state index contributed by atoms with van der Waals surface area (Å²) in [5, 5.41) is 71.1. The molecule has 7 N–H and O–H groups in total. The van der Waals surface area contributed by atoms with E-state index in [-0.39, 0.29) is 19.4 Å². The maximum absolute atomic E-state index is 12.7. The van der Waals surface area contributed by atoms with E-state index in [9.17, 15) is 45.3 Å². The van der Waals surface area contributed by atoms with Crippen LogP contribution in [0.2, 0.25) is 0 Å². The van der Waals surface area contributed by atoms with Gasteiger partial charge in [-0.15, -0.1) is 0 Å². The van der Waals surface area contributed by atoms with Gasteiger partial charge < -0.3 is 64.2 Å². The van der Waals surface area contributed by atoms with Gasteiger partial charge in [0.15, 0.2) is 18.7 Å². The van der Waals surface area contributed by atoms with E-state index in [2.05, 4.69) is 67.7 Å². The normalized spacial score (nSPS) is 29.6. The van der Waals surface area contributed by atoms with Crippen molar-refractivity contribution in [3.63, 3.8) is 0 Å². The Labute approximate surface area is 324 Å². The summed E-state index contributed by atoms with van der Waals surface area (Å²) >= 11 is 0. The van der Waals surface area contributed by atoms with Crippen LogP contribution in [-0.4, -0.2) is 142 Å². The lowest BCUT2D eigenvalue weighted by molar-refractivity contribution is -0.332. The molecule has 2 fully saturated rings. The minimum Gasteiger partial charge on any atom is -0.462 e. The van der Waals surface area contributed by atoms with Crippen LogP contribution in [-0.2, 0) is 38.0 Å². The number of esters is 2. The van der Waals surface area contributed by atoms with Gasteiger partial charge in [-0.1, -0.05) is 81.0 Å². The molecule has 15 heteroatoms. The summed E-state index contributed by atoms with van der Waals surface area (Å²) in [7, 11) is 0. The van der Waals surface area contributed by atoms with Gasteiger partial charge in [0.05, 0.1) is 19.8 Å². The van der Waals surface area contributed by atoms with E-state index in [0.717, 1.165) is 51.4 Å². The van der Waals surface area contributed by atoms with Crippen LogP contribution in [0.5, 0.6) is 0 Å². The quantitative estimate of drug-likeness (QED) is 0.0379. The van der Waals surface area contributed by atoms with Crippen LogP contribution < -0.4 is 0 Å². The molecule has 0 spiro atoms. The minimum absolute atomic E-state index is 0.0874. The van der Waals surface area contributed by atoms with Gasteiger partial charge in [-0.05, 0) is 51.4 Å². The highest BCUT2D eigenvalue weighted by Crippen LogP contribution is 2.26. The first-order valence-corrected chi connectivity index (χ1v) is 19.4. The molecule has 0 aromatic rings. The molecule has 55 heavy (non-hydrogen) atoms. The molecule has 0 aromatic carbocycles. The third-order valence-corrected chi connectivity index (χ3v) is 8.81. The number of aliphatic hydroxyl groups is 7. The SMILES string of the molecule is CC/C=C\C/C=C\C/C=C\C/C=C\C/C=C\CCCCCC(=O)OC(COC(=O)CC)COC1OC(COC2OC(CO)C(O)C(O)C2O)C(O)C(O)C1O. The Morgan fingerprint density at radius 1 is 0.600 bits per heavy atom. The van der Waals surface area contributed by atoms with Crippen molar-refractivity contribution in [2.45, 2.75) is 152 Å². The molecular weight excluding hydrogens is 720 g/mol. The molecule has 0 amide bonds. The Morgan fingerprint density at radius 3 is 1.69 bits per heavy atom. The van der Waals surface area contributed by atoms with E-state index in [1.54, 1.807) is 6.92 Å². The van der Waals surface area contributed by atoms with Gasteiger partial charge >= 0.3 is 11.9 Å². The van der Waals surface area contributed by atoms with Gasteiger partial charge in [0.25, 0.3) is 0 Å². The van der Waals surface area contributed by atoms with Gasteiger partial charge in [-0.25, -0.2) is 0 Å². The number of carbonyl (C=O) groups excluding carboxylic acids is 2. The first-order valence-electron chi connectivity index (χ1n) is 19.4. The second-order valence-corrected chi connectivity index (χ2v) is 13.3. The maximum Gasteiger partial charge on any atom is 0.306 e. The number of aliphatic hydroxyl groups excluding tert-OH is 7. The highest BCUT2D eigenvalue weighted by Gasteiger charge is 2.47. The third kappa shape index (κ3) is 18.8. The van der Waals surface area contributed by atoms with Crippen LogP contribution in [0.25, 0.3) is 0 Å². The third-order valence-electron chi connectivity index (χ3n) is 8.81. The van der Waals surface area contributed by atoms with E-state index >= 15 is 0 Å². The van der Waals surface area contributed by atoms with Crippen LogP contribution in [0.1, 0.15) is 84.5 Å². The van der Waals surface area contributed by atoms with Crippen molar-refractivity contribution in [1.82, 2.24) is 0 Å². The van der Waals surface area contributed by atoms with E-state index < -0.39 is 99.3 Å². The summed E-state index contributed by atoms with van der Waals surface area (Å²) in [6.45, 7) is 1.77. The zero-order valence-electron chi connectivity index (χ0n) is 32.1. The molecule has 0 bridgehead atoms. The summed E-state index contributed by atoms with van der Waals surface area (Å²) in [5.41, 5.74) is 0. The summed E-state index contributed by atoms with van der Waals surface area (Å²) in [4.78, 5) is 24.5. The van der Waals surface area contributed by atoms with E-state index in [4.69, 9.17) is 28.4 Å². The second kappa shape index (κ2) is 28.6. The molecule has 0 radical (unpaired) electrons. The molecule has 2 saturated heterocycles. The largest absolute Gasteiger partial charge is 0.462 e. The van der Waals surface area contributed by atoms with Crippen LogP contribution in [0, 0.1) is 0 Å². The fourth-order valence-electron chi connectivity index (χ4n) is 5.51. The summed E-state index contributed by atoms with van der Waals surface area (Å²) < 4.78 is 32.6. The van der Waals surface area contributed by atoms with Gasteiger partial charge in [0.1, 0.15) is 55.4 Å². The summed E-state index contributed by atoms with van der Waals surface area (Å²) in [5.74, 6) is -1.07. The van der Waals surface area contributed by atoms with Gasteiger partial charge in [0, 0.05) is 12.8 Å². The maximum atomic E-state index is 12.7. The molecule has 11 atom stereocenters. The monoisotopic (exact) mass is 784 g/mol. The van der Waals surface area contributed by atoms with E-state index in [0.29, 0.717) is 6.42 Å². The van der Waals surface area contributed by atoms with Crippen molar-refractivity contribution in [2.24, 2.45) is 0 Å². The first kappa shape index (κ1) is 48.3. The van der Waals surface area contributed by atoms with Crippen LogP contribution in [0.15, 0.2) is 60.8 Å². The van der Waals surface area contributed by atoms with Crippen molar-refractivity contribution in [2.75, 3.05) is 26.4 Å². The summed E-state index contributed by atoms with van der Waals surface area (Å²) in [6, 6.07) is 0. The van der Waals surface area contributed by atoms with Crippen molar-refractivity contribution >= 4 is 11.9 Å². The van der Waals surface area contributed by atoms with E-state index in [1.807, 2.05) is 0 Å². The molecule has 2 aliphatic heterocycles.